The number of imidazole rings is 1. The van der Waals surface area contributed by atoms with Crippen molar-refractivity contribution in [1.82, 2.24) is 25.5 Å². The smallest absolute Gasteiger partial charge is 0.0926 e. The molecule has 1 atom stereocenters. The minimum absolute atomic E-state index is 0.0867. The molecule has 5 nitrogen and oxygen atoms in total. The highest BCUT2D eigenvalue weighted by molar-refractivity contribution is 5.68. The minimum Gasteiger partial charge on any atom is -0.348 e. The molecule has 3 heterocycles. The monoisotopic (exact) mass is 293 g/mol. The van der Waals surface area contributed by atoms with Gasteiger partial charge < -0.3 is 10.3 Å². The number of fused-ring (bicyclic) bond motifs is 1. The van der Waals surface area contributed by atoms with Gasteiger partial charge in [0, 0.05) is 29.8 Å². The molecule has 0 aliphatic carbocycles. The average molecular weight is 293 g/mol. The van der Waals surface area contributed by atoms with Gasteiger partial charge >= 0.3 is 0 Å². The van der Waals surface area contributed by atoms with Crippen molar-refractivity contribution in [2.45, 2.75) is 26.3 Å². The zero-order chi connectivity index (χ0) is 15.1. The number of benzene rings is 1. The second-order valence-corrected chi connectivity index (χ2v) is 5.92. The van der Waals surface area contributed by atoms with E-state index in [9.17, 15) is 0 Å². The second kappa shape index (κ2) is 5.10. The van der Waals surface area contributed by atoms with Crippen molar-refractivity contribution >= 4 is 0 Å². The Morgan fingerprint density at radius 1 is 1.23 bits per heavy atom. The molecule has 0 spiro atoms. The molecule has 22 heavy (non-hydrogen) atoms. The molecule has 112 valence electrons. The molecule has 0 radical (unpaired) electrons. The number of nitrogens with one attached hydrogen (secondary N) is 3. The molecular weight excluding hydrogens is 274 g/mol. The van der Waals surface area contributed by atoms with Crippen molar-refractivity contribution in [2.24, 2.45) is 0 Å². The minimum atomic E-state index is 0.0867. The Hall–Kier alpha value is -2.40. The number of rotatable bonds is 2. The largest absolute Gasteiger partial charge is 0.348 e. The maximum atomic E-state index is 4.51. The molecular formula is C17H19N5. The molecule has 3 aromatic rings. The predicted molar refractivity (Wildman–Crippen MR) is 85.6 cm³/mol. The Balaban J connectivity index is 1.84. The van der Waals surface area contributed by atoms with Crippen molar-refractivity contribution in [3.63, 3.8) is 0 Å². The fourth-order valence-corrected chi connectivity index (χ4v) is 3.21. The van der Waals surface area contributed by atoms with Gasteiger partial charge in [0.15, 0.2) is 0 Å². The lowest BCUT2D eigenvalue weighted by molar-refractivity contribution is 0.554. The van der Waals surface area contributed by atoms with E-state index in [2.05, 4.69) is 57.5 Å². The predicted octanol–water partition coefficient (Wildman–Crippen LogP) is 2.65. The fourth-order valence-electron chi connectivity index (χ4n) is 3.21. The Labute approximate surface area is 129 Å². The quantitative estimate of drug-likeness (QED) is 0.680. The zero-order valence-corrected chi connectivity index (χ0v) is 12.8. The van der Waals surface area contributed by atoms with E-state index in [0.29, 0.717) is 0 Å². The lowest BCUT2D eigenvalue weighted by atomic mass is 9.93. The summed E-state index contributed by atoms with van der Waals surface area (Å²) in [7, 11) is 0. The van der Waals surface area contributed by atoms with Gasteiger partial charge in [-0.3, -0.25) is 5.10 Å². The van der Waals surface area contributed by atoms with Crippen molar-refractivity contribution < 1.29 is 0 Å². The number of aromatic amines is 2. The first-order chi connectivity index (χ1) is 10.7. The van der Waals surface area contributed by atoms with Crippen LogP contribution in [0.2, 0.25) is 0 Å². The number of aromatic nitrogens is 4. The number of H-pyrrole nitrogens is 2. The van der Waals surface area contributed by atoms with Gasteiger partial charge in [-0.15, -0.1) is 0 Å². The van der Waals surface area contributed by atoms with Crippen LogP contribution >= 0.6 is 0 Å². The van der Waals surface area contributed by atoms with Gasteiger partial charge in [0.05, 0.1) is 30.0 Å². The van der Waals surface area contributed by atoms with Crippen molar-refractivity contribution in [3.8, 4) is 11.3 Å². The molecule has 0 fully saturated rings. The molecule has 0 amide bonds. The fraction of sp³-hybridized carbons (Fsp3) is 0.294. The standard InChI is InChI=1S/C17H19N5/c1-10-3-4-11(2)12(7-10)15-13(8-21-22-15)16-17-14(5-6-18-16)19-9-20-17/h3-4,7-9,16,18H,5-6H2,1-2H3,(H,19,20)(H,21,22)/t16-/m1/s1. The first-order valence-electron chi connectivity index (χ1n) is 7.60. The summed E-state index contributed by atoms with van der Waals surface area (Å²) in [5.74, 6) is 0. The number of hydrogen-bond acceptors (Lipinski definition) is 3. The molecule has 0 saturated carbocycles. The van der Waals surface area contributed by atoms with Crippen LogP contribution < -0.4 is 5.32 Å². The van der Waals surface area contributed by atoms with E-state index in [1.165, 1.54) is 22.4 Å². The van der Waals surface area contributed by atoms with E-state index >= 15 is 0 Å². The van der Waals surface area contributed by atoms with Gasteiger partial charge in [-0.2, -0.15) is 5.10 Å². The van der Waals surface area contributed by atoms with Crippen LogP contribution in [0.4, 0.5) is 0 Å². The molecule has 3 N–H and O–H groups in total. The van der Waals surface area contributed by atoms with E-state index in [-0.39, 0.29) is 6.04 Å². The highest BCUT2D eigenvalue weighted by Gasteiger charge is 2.27. The zero-order valence-electron chi connectivity index (χ0n) is 12.8. The van der Waals surface area contributed by atoms with Gasteiger partial charge in [0.25, 0.3) is 0 Å². The highest BCUT2D eigenvalue weighted by atomic mass is 15.1. The summed E-state index contributed by atoms with van der Waals surface area (Å²) in [6, 6.07) is 6.59. The third-order valence-corrected chi connectivity index (χ3v) is 4.39. The summed E-state index contributed by atoms with van der Waals surface area (Å²) < 4.78 is 0. The lowest BCUT2D eigenvalue weighted by Crippen LogP contribution is -2.30. The summed E-state index contributed by atoms with van der Waals surface area (Å²) in [5.41, 5.74) is 8.23. The van der Waals surface area contributed by atoms with Crippen molar-refractivity contribution in [3.05, 3.63) is 58.8 Å². The lowest BCUT2D eigenvalue weighted by Gasteiger charge is -2.23. The second-order valence-electron chi connectivity index (χ2n) is 5.92. The summed E-state index contributed by atoms with van der Waals surface area (Å²) in [6.45, 7) is 5.19. The molecule has 1 aliphatic rings. The molecule has 1 aliphatic heterocycles. The SMILES string of the molecule is Cc1ccc(C)c(-c2[nH]ncc2[C@H]2NCCc3[nH]cnc32)c1. The van der Waals surface area contributed by atoms with Crippen LogP contribution in [-0.2, 0) is 6.42 Å². The van der Waals surface area contributed by atoms with E-state index in [4.69, 9.17) is 0 Å². The number of hydrogen-bond donors (Lipinski definition) is 3. The average Bonchev–Trinajstić information content (AvgIpc) is 3.17. The van der Waals surface area contributed by atoms with Crippen LogP contribution in [0.1, 0.15) is 34.1 Å². The van der Waals surface area contributed by atoms with Gasteiger partial charge in [-0.1, -0.05) is 17.7 Å². The summed E-state index contributed by atoms with van der Waals surface area (Å²) in [5, 5.41) is 11.0. The topological polar surface area (TPSA) is 69.4 Å². The van der Waals surface area contributed by atoms with Gasteiger partial charge in [0.2, 0.25) is 0 Å². The Kier molecular flexibility index (Phi) is 3.08. The summed E-state index contributed by atoms with van der Waals surface area (Å²) in [6.07, 6.45) is 4.68. The van der Waals surface area contributed by atoms with Crippen LogP contribution in [0.3, 0.4) is 0 Å². The number of nitrogens with zero attached hydrogens (tertiary/aromatic N) is 2. The van der Waals surface area contributed by atoms with Crippen LogP contribution in [0.5, 0.6) is 0 Å². The van der Waals surface area contributed by atoms with Crippen LogP contribution in [0.15, 0.2) is 30.7 Å². The Bertz CT molecular complexity index is 814. The molecule has 4 rings (SSSR count). The molecule has 0 saturated heterocycles. The van der Waals surface area contributed by atoms with E-state index in [1.807, 2.05) is 6.20 Å². The first-order valence-corrected chi connectivity index (χ1v) is 7.60. The number of aryl methyl sites for hydroxylation is 2. The summed E-state index contributed by atoms with van der Waals surface area (Å²) in [4.78, 5) is 7.76. The Morgan fingerprint density at radius 3 is 3.05 bits per heavy atom. The van der Waals surface area contributed by atoms with Gasteiger partial charge in [-0.05, 0) is 25.5 Å². The van der Waals surface area contributed by atoms with Crippen LogP contribution in [0, 0.1) is 13.8 Å². The van der Waals surface area contributed by atoms with Crippen LogP contribution in [0.25, 0.3) is 11.3 Å². The van der Waals surface area contributed by atoms with Crippen LogP contribution in [-0.4, -0.2) is 26.7 Å². The third kappa shape index (κ3) is 2.05. The molecule has 2 aromatic heterocycles. The van der Waals surface area contributed by atoms with Crippen molar-refractivity contribution in [1.29, 1.82) is 0 Å². The Morgan fingerprint density at radius 2 is 2.14 bits per heavy atom. The third-order valence-electron chi connectivity index (χ3n) is 4.39. The van der Waals surface area contributed by atoms with E-state index < -0.39 is 0 Å². The first kappa shape index (κ1) is 13.3. The molecule has 5 heteroatoms. The molecule has 0 bridgehead atoms. The summed E-state index contributed by atoms with van der Waals surface area (Å²) >= 11 is 0. The van der Waals surface area contributed by atoms with Gasteiger partial charge in [-0.25, -0.2) is 4.98 Å². The molecule has 0 unspecified atom stereocenters. The van der Waals surface area contributed by atoms with Crippen molar-refractivity contribution in [2.75, 3.05) is 6.54 Å². The van der Waals surface area contributed by atoms with E-state index in [1.54, 1.807) is 6.33 Å². The maximum absolute atomic E-state index is 4.51. The highest BCUT2D eigenvalue weighted by Crippen LogP contribution is 2.34. The van der Waals surface area contributed by atoms with E-state index in [0.717, 1.165) is 29.9 Å². The maximum Gasteiger partial charge on any atom is 0.0926 e. The normalized spacial score (nSPS) is 17.5. The van der Waals surface area contributed by atoms with Gasteiger partial charge in [0.1, 0.15) is 0 Å². The molecule has 1 aromatic carbocycles.